The summed E-state index contributed by atoms with van der Waals surface area (Å²) in [6.45, 7) is 0.686. The third-order valence-corrected chi connectivity index (χ3v) is 5.77. The average molecular weight is 268 g/mol. The van der Waals surface area contributed by atoms with Gasteiger partial charge in [-0.15, -0.1) is 0 Å². The van der Waals surface area contributed by atoms with Crippen LogP contribution in [0.1, 0.15) is 32.1 Å². The van der Waals surface area contributed by atoms with E-state index in [1.165, 1.54) is 18.6 Å². The number of hydrogen-bond acceptors (Lipinski definition) is 2. The van der Waals surface area contributed by atoms with E-state index in [2.05, 4.69) is 0 Å². The predicted molar refractivity (Wildman–Crippen MR) is 68.4 cm³/mol. The van der Waals surface area contributed by atoms with Crippen molar-refractivity contribution in [1.29, 1.82) is 0 Å². The highest BCUT2D eigenvalue weighted by Gasteiger charge is 2.44. The van der Waals surface area contributed by atoms with Crippen molar-refractivity contribution in [2.45, 2.75) is 47.9 Å². The molecule has 1 aromatic rings. The zero-order chi connectivity index (χ0) is 12.6. The van der Waals surface area contributed by atoms with Gasteiger partial charge in [-0.2, -0.15) is 0 Å². The van der Waals surface area contributed by atoms with Crippen LogP contribution in [-0.4, -0.2) is 21.7 Å². The zero-order valence-electron chi connectivity index (χ0n) is 10.2. The molecule has 3 rings (SSSR count). The van der Waals surface area contributed by atoms with Gasteiger partial charge < -0.3 is 4.74 Å². The molecule has 1 heterocycles. The van der Waals surface area contributed by atoms with Crippen LogP contribution in [0.25, 0.3) is 0 Å². The fourth-order valence-electron chi connectivity index (χ4n) is 2.87. The van der Waals surface area contributed by atoms with Gasteiger partial charge in [0.25, 0.3) is 0 Å². The van der Waals surface area contributed by atoms with Crippen molar-refractivity contribution in [2.75, 3.05) is 6.61 Å². The lowest BCUT2D eigenvalue weighted by atomic mass is 9.75. The van der Waals surface area contributed by atoms with E-state index in [4.69, 9.17) is 4.74 Å². The molecular formula is C14H17FO2S. The highest BCUT2D eigenvalue weighted by atomic mass is 32.2. The first-order valence-electron chi connectivity index (χ1n) is 6.49. The van der Waals surface area contributed by atoms with Crippen LogP contribution in [0.2, 0.25) is 0 Å². The maximum Gasteiger partial charge on any atom is 0.124 e. The van der Waals surface area contributed by atoms with E-state index >= 15 is 0 Å². The number of ether oxygens (including phenoxy) is 1. The highest BCUT2D eigenvalue weighted by molar-refractivity contribution is 7.85. The Kier molecular flexibility index (Phi) is 3.24. The van der Waals surface area contributed by atoms with Gasteiger partial charge in [-0.05, 0) is 50.3 Å². The smallest absolute Gasteiger partial charge is 0.124 e. The van der Waals surface area contributed by atoms with E-state index in [0.717, 1.165) is 25.7 Å². The number of benzene rings is 1. The topological polar surface area (TPSA) is 26.3 Å². The van der Waals surface area contributed by atoms with Gasteiger partial charge in [0.1, 0.15) is 5.82 Å². The molecule has 0 amide bonds. The van der Waals surface area contributed by atoms with E-state index in [-0.39, 0.29) is 16.7 Å². The van der Waals surface area contributed by atoms with Crippen LogP contribution in [0.3, 0.4) is 0 Å². The summed E-state index contributed by atoms with van der Waals surface area (Å²) in [5.41, 5.74) is -0.00803. The predicted octanol–water partition coefficient (Wildman–Crippen LogP) is 3.04. The van der Waals surface area contributed by atoms with Crippen molar-refractivity contribution in [3.8, 4) is 0 Å². The molecule has 0 aromatic heterocycles. The van der Waals surface area contributed by atoms with Crippen LogP contribution in [0, 0.1) is 5.82 Å². The van der Waals surface area contributed by atoms with Gasteiger partial charge in [-0.1, -0.05) is 6.07 Å². The van der Waals surface area contributed by atoms with E-state index in [1.807, 2.05) is 0 Å². The second-order valence-corrected chi connectivity index (χ2v) is 6.99. The minimum Gasteiger partial charge on any atom is -0.375 e. The molecule has 0 N–H and O–H groups in total. The molecule has 2 aliphatic rings. The SMILES string of the molecule is O=S(c1cccc(F)c1)C1CCOC2(CCC2)C1. The lowest BCUT2D eigenvalue weighted by Crippen LogP contribution is -2.48. The molecule has 4 heteroatoms. The molecule has 2 atom stereocenters. The van der Waals surface area contributed by atoms with Gasteiger partial charge in [-0.25, -0.2) is 4.39 Å². The first-order valence-corrected chi connectivity index (χ1v) is 7.70. The summed E-state index contributed by atoms with van der Waals surface area (Å²) in [7, 11) is -1.11. The molecule has 2 fully saturated rings. The molecule has 0 bridgehead atoms. The zero-order valence-corrected chi connectivity index (χ0v) is 11.0. The number of rotatable bonds is 2. The number of halogens is 1. The standard InChI is InChI=1S/C14H17FO2S/c15-11-3-1-4-12(9-11)18(16)13-5-8-17-14(10-13)6-2-7-14/h1,3-4,9,13H,2,5-8,10H2. The van der Waals surface area contributed by atoms with E-state index < -0.39 is 10.8 Å². The van der Waals surface area contributed by atoms with Crippen molar-refractivity contribution < 1.29 is 13.3 Å². The minimum atomic E-state index is -1.11. The van der Waals surface area contributed by atoms with Gasteiger partial charge in [0.05, 0.1) is 16.4 Å². The Bertz CT molecular complexity index is 471. The van der Waals surface area contributed by atoms with Crippen molar-refractivity contribution in [3.63, 3.8) is 0 Å². The van der Waals surface area contributed by atoms with Gasteiger partial charge in [0.2, 0.25) is 0 Å². The van der Waals surface area contributed by atoms with Crippen LogP contribution in [-0.2, 0) is 15.5 Å². The quantitative estimate of drug-likeness (QED) is 0.824. The summed E-state index contributed by atoms with van der Waals surface area (Å²) in [6, 6.07) is 6.15. The van der Waals surface area contributed by atoms with Gasteiger partial charge in [0.15, 0.2) is 0 Å². The van der Waals surface area contributed by atoms with Crippen molar-refractivity contribution >= 4 is 10.8 Å². The molecule has 1 saturated carbocycles. The van der Waals surface area contributed by atoms with E-state index in [0.29, 0.717) is 11.5 Å². The molecule has 2 unspecified atom stereocenters. The first kappa shape index (κ1) is 12.3. The minimum absolute atomic E-state index is 0.00803. The molecule has 18 heavy (non-hydrogen) atoms. The Morgan fingerprint density at radius 2 is 2.22 bits per heavy atom. The van der Waals surface area contributed by atoms with Crippen molar-refractivity contribution in [2.24, 2.45) is 0 Å². The summed E-state index contributed by atoms with van der Waals surface area (Å²) in [6.07, 6.45) is 5.05. The summed E-state index contributed by atoms with van der Waals surface area (Å²) >= 11 is 0. The van der Waals surface area contributed by atoms with E-state index in [9.17, 15) is 8.60 Å². The fourth-order valence-corrected chi connectivity index (χ4v) is 4.46. The van der Waals surface area contributed by atoms with Crippen LogP contribution in [0.15, 0.2) is 29.2 Å². The molecule has 1 spiro atoms. The molecule has 1 aliphatic carbocycles. The Morgan fingerprint density at radius 3 is 2.89 bits per heavy atom. The van der Waals surface area contributed by atoms with Crippen LogP contribution >= 0.6 is 0 Å². The van der Waals surface area contributed by atoms with Crippen LogP contribution in [0.5, 0.6) is 0 Å². The fraction of sp³-hybridized carbons (Fsp3) is 0.571. The molecule has 98 valence electrons. The second-order valence-electron chi connectivity index (χ2n) is 5.25. The van der Waals surface area contributed by atoms with Gasteiger partial charge >= 0.3 is 0 Å². The maximum atomic E-state index is 13.2. The Morgan fingerprint density at radius 1 is 1.39 bits per heavy atom. The third-order valence-electron chi connectivity index (χ3n) is 4.04. The van der Waals surface area contributed by atoms with E-state index in [1.54, 1.807) is 12.1 Å². The molecular weight excluding hydrogens is 251 g/mol. The highest BCUT2D eigenvalue weighted by Crippen LogP contribution is 2.43. The molecule has 1 aromatic carbocycles. The first-order chi connectivity index (χ1) is 8.69. The monoisotopic (exact) mass is 268 g/mol. The lowest BCUT2D eigenvalue weighted by Gasteiger charge is -2.46. The summed E-state index contributed by atoms with van der Waals surface area (Å²) in [5, 5.41) is 0.112. The van der Waals surface area contributed by atoms with Gasteiger partial charge in [0, 0.05) is 16.8 Å². The maximum absolute atomic E-state index is 13.2. The Hall–Kier alpha value is -0.740. The van der Waals surface area contributed by atoms with Crippen LogP contribution < -0.4 is 0 Å². The largest absolute Gasteiger partial charge is 0.375 e. The lowest BCUT2D eigenvalue weighted by molar-refractivity contribution is -0.125. The summed E-state index contributed by atoms with van der Waals surface area (Å²) < 4.78 is 31.5. The molecule has 1 saturated heterocycles. The van der Waals surface area contributed by atoms with Crippen molar-refractivity contribution in [3.05, 3.63) is 30.1 Å². The average Bonchev–Trinajstić information content (AvgIpc) is 2.36. The molecule has 1 aliphatic heterocycles. The Balaban J connectivity index is 1.76. The number of hydrogen-bond donors (Lipinski definition) is 0. The third kappa shape index (κ3) is 2.24. The van der Waals surface area contributed by atoms with Crippen LogP contribution in [0.4, 0.5) is 4.39 Å². The summed E-state index contributed by atoms with van der Waals surface area (Å²) in [4.78, 5) is 0.608. The molecule has 0 radical (unpaired) electrons. The Labute approximate surface area is 109 Å². The second kappa shape index (κ2) is 4.74. The molecule has 2 nitrogen and oxygen atoms in total. The van der Waals surface area contributed by atoms with Gasteiger partial charge in [-0.3, -0.25) is 4.21 Å². The van der Waals surface area contributed by atoms with Crippen molar-refractivity contribution in [1.82, 2.24) is 0 Å². The summed E-state index contributed by atoms with van der Waals surface area (Å²) in [5.74, 6) is -0.314. The normalized spacial score (nSPS) is 27.7.